The van der Waals surface area contributed by atoms with E-state index in [1.807, 2.05) is 0 Å². The Balaban J connectivity index is 2.75. The largest absolute Gasteiger partial charge is 0.379 e. The predicted molar refractivity (Wildman–Crippen MR) is 65.2 cm³/mol. The molecule has 5 N–H and O–H groups in total. The number of anilines is 1. The van der Waals surface area contributed by atoms with Crippen molar-refractivity contribution in [3.63, 3.8) is 0 Å². The molecule has 0 atom stereocenters. The summed E-state index contributed by atoms with van der Waals surface area (Å²) < 4.78 is 26.2. The third kappa shape index (κ3) is 3.94. The number of nitrogens with two attached hydrogens (primary N) is 2. The number of rotatable bonds is 5. The van der Waals surface area contributed by atoms with Crippen LogP contribution in [-0.2, 0) is 0 Å². The number of alkyl halides is 2. The number of halogens is 3. The third-order valence-corrected chi connectivity index (χ3v) is 2.74. The first-order valence-electron chi connectivity index (χ1n) is 4.77. The minimum atomic E-state index is -2.96. The van der Waals surface area contributed by atoms with Crippen LogP contribution in [-0.4, -0.2) is 24.9 Å². The van der Waals surface area contributed by atoms with Crippen LogP contribution in [0.4, 0.5) is 14.5 Å². The second kappa shape index (κ2) is 5.42. The van der Waals surface area contributed by atoms with Crippen molar-refractivity contribution >= 4 is 27.5 Å². The molecule has 0 saturated carbocycles. The van der Waals surface area contributed by atoms with Crippen molar-refractivity contribution in [2.45, 2.75) is 5.92 Å². The molecule has 0 unspecified atom stereocenters. The van der Waals surface area contributed by atoms with Gasteiger partial charge in [0.25, 0.3) is 5.92 Å². The second-order valence-electron chi connectivity index (χ2n) is 3.47. The van der Waals surface area contributed by atoms with Crippen LogP contribution in [0.1, 0.15) is 10.4 Å². The van der Waals surface area contributed by atoms with E-state index in [-0.39, 0.29) is 0 Å². The molecular weight excluding hydrogens is 296 g/mol. The zero-order chi connectivity index (χ0) is 13.1. The van der Waals surface area contributed by atoms with Crippen molar-refractivity contribution in [1.82, 2.24) is 0 Å². The molecule has 1 aromatic rings. The quantitative estimate of drug-likeness (QED) is 0.772. The summed E-state index contributed by atoms with van der Waals surface area (Å²) in [6.45, 7) is -1.29. The van der Waals surface area contributed by atoms with Crippen LogP contribution in [0.5, 0.6) is 0 Å². The number of carbonyl (C=O) groups is 1. The summed E-state index contributed by atoms with van der Waals surface area (Å²) in [7, 11) is 0. The van der Waals surface area contributed by atoms with Gasteiger partial charge in [-0.2, -0.15) is 0 Å². The van der Waals surface area contributed by atoms with E-state index in [1.54, 1.807) is 0 Å². The first-order chi connectivity index (χ1) is 7.85. The molecule has 0 heterocycles. The molecular formula is C10H12BrF2N3O. The Bertz CT molecular complexity index is 426. The predicted octanol–water partition coefficient (Wildman–Crippen LogP) is 1.55. The van der Waals surface area contributed by atoms with Gasteiger partial charge in [0.2, 0.25) is 5.91 Å². The molecule has 4 nitrogen and oxygen atoms in total. The van der Waals surface area contributed by atoms with Crippen LogP contribution in [0.15, 0.2) is 22.7 Å². The molecule has 0 spiro atoms. The number of carbonyl (C=O) groups excluding carboxylic acids is 1. The van der Waals surface area contributed by atoms with Gasteiger partial charge in [-0.1, -0.05) is 0 Å². The normalized spacial score (nSPS) is 11.3. The summed E-state index contributed by atoms with van der Waals surface area (Å²) in [4.78, 5) is 10.9. The van der Waals surface area contributed by atoms with Gasteiger partial charge in [0, 0.05) is 10.2 Å². The van der Waals surface area contributed by atoms with E-state index in [2.05, 4.69) is 21.2 Å². The fraction of sp³-hybridized carbons (Fsp3) is 0.300. The molecule has 0 saturated heterocycles. The van der Waals surface area contributed by atoms with Gasteiger partial charge in [-0.05, 0) is 34.1 Å². The molecule has 0 bridgehead atoms. The van der Waals surface area contributed by atoms with Gasteiger partial charge in [0.15, 0.2) is 0 Å². The topological polar surface area (TPSA) is 81.1 Å². The molecule has 94 valence electrons. The van der Waals surface area contributed by atoms with Crippen LogP contribution in [0.3, 0.4) is 0 Å². The smallest absolute Gasteiger partial charge is 0.276 e. The van der Waals surface area contributed by atoms with Gasteiger partial charge in [0.1, 0.15) is 0 Å². The fourth-order valence-electron chi connectivity index (χ4n) is 1.13. The van der Waals surface area contributed by atoms with Crippen molar-refractivity contribution < 1.29 is 13.6 Å². The first kappa shape index (κ1) is 13.9. The summed E-state index contributed by atoms with van der Waals surface area (Å²) in [5.74, 6) is -3.55. The van der Waals surface area contributed by atoms with E-state index in [9.17, 15) is 13.6 Å². The zero-order valence-electron chi connectivity index (χ0n) is 8.84. The average Bonchev–Trinajstić information content (AvgIpc) is 2.26. The average molecular weight is 308 g/mol. The Kier molecular flexibility index (Phi) is 4.41. The number of benzene rings is 1. The van der Waals surface area contributed by atoms with Gasteiger partial charge >= 0.3 is 0 Å². The lowest BCUT2D eigenvalue weighted by Gasteiger charge is -2.15. The molecule has 0 fully saturated rings. The lowest BCUT2D eigenvalue weighted by molar-refractivity contribution is 0.0254. The van der Waals surface area contributed by atoms with Gasteiger partial charge in [0.05, 0.1) is 18.7 Å². The molecule has 0 aliphatic heterocycles. The lowest BCUT2D eigenvalue weighted by atomic mass is 10.2. The number of nitrogens with one attached hydrogen (secondary N) is 1. The van der Waals surface area contributed by atoms with Crippen LogP contribution in [0.2, 0.25) is 0 Å². The Hall–Kier alpha value is -1.21. The van der Waals surface area contributed by atoms with Gasteiger partial charge < -0.3 is 16.8 Å². The Morgan fingerprint density at radius 1 is 1.47 bits per heavy atom. The van der Waals surface area contributed by atoms with Crippen molar-refractivity contribution in [1.29, 1.82) is 0 Å². The summed E-state index contributed by atoms with van der Waals surface area (Å²) >= 11 is 3.13. The molecule has 1 rings (SSSR count). The van der Waals surface area contributed by atoms with E-state index in [4.69, 9.17) is 11.5 Å². The van der Waals surface area contributed by atoms with Gasteiger partial charge in [-0.15, -0.1) is 0 Å². The molecule has 0 aliphatic carbocycles. The van der Waals surface area contributed by atoms with Crippen molar-refractivity contribution in [3.05, 3.63) is 28.2 Å². The second-order valence-corrected chi connectivity index (χ2v) is 4.33. The van der Waals surface area contributed by atoms with Gasteiger partial charge in [-0.3, -0.25) is 4.79 Å². The highest BCUT2D eigenvalue weighted by molar-refractivity contribution is 9.10. The highest BCUT2D eigenvalue weighted by Crippen LogP contribution is 2.22. The fourth-order valence-corrected chi connectivity index (χ4v) is 1.70. The third-order valence-electron chi connectivity index (χ3n) is 2.08. The Labute approximate surface area is 105 Å². The Morgan fingerprint density at radius 3 is 2.59 bits per heavy atom. The first-order valence-corrected chi connectivity index (χ1v) is 5.56. The maximum Gasteiger partial charge on any atom is 0.276 e. The van der Waals surface area contributed by atoms with E-state index in [0.717, 1.165) is 0 Å². The van der Waals surface area contributed by atoms with Crippen LogP contribution in [0.25, 0.3) is 0 Å². The highest BCUT2D eigenvalue weighted by atomic mass is 79.9. The van der Waals surface area contributed by atoms with E-state index in [1.165, 1.54) is 18.2 Å². The van der Waals surface area contributed by atoms with Gasteiger partial charge in [-0.25, -0.2) is 8.78 Å². The van der Waals surface area contributed by atoms with Crippen LogP contribution >= 0.6 is 15.9 Å². The molecule has 7 heteroatoms. The van der Waals surface area contributed by atoms with Crippen LogP contribution in [0, 0.1) is 0 Å². The lowest BCUT2D eigenvalue weighted by Crippen LogP contribution is -2.35. The summed E-state index contributed by atoms with van der Waals surface area (Å²) in [6.07, 6.45) is 0. The maximum atomic E-state index is 12.9. The molecule has 1 aromatic carbocycles. The van der Waals surface area contributed by atoms with E-state index >= 15 is 0 Å². The summed E-state index contributed by atoms with van der Waals surface area (Å²) in [6, 6.07) is 4.46. The molecule has 0 aliphatic rings. The van der Waals surface area contributed by atoms with Crippen molar-refractivity contribution in [3.8, 4) is 0 Å². The van der Waals surface area contributed by atoms with Crippen LogP contribution < -0.4 is 16.8 Å². The highest BCUT2D eigenvalue weighted by Gasteiger charge is 2.26. The summed E-state index contributed by atoms with van der Waals surface area (Å²) in [5, 5.41) is 2.53. The maximum absolute atomic E-state index is 12.9. The number of hydrogen-bond donors (Lipinski definition) is 3. The molecule has 0 radical (unpaired) electrons. The standard InChI is InChI=1S/C10H12BrF2N3O/c11-8-3-6(1-2-7(8)9(15)17)16-5-10(12,13)4-14/h1-3,16H,4-5,14H2,(H2,15,17). The zero-order valence-corrected chi connectivity index (χ0v) is 10.4. The Morgan fingerprint density at radius 2 is 2.12 bits per heavy atom. The summed E-state index contributed by atoms with van der Waals surface area (Å²) in [5.41, 5.74) is 10.8. The van der Waals surface area contributed by atoms with E-state index < -0.39 is 24.9 Å². The monoisotopic (exact) mass is 307 g/mol. The molecule has 1 amide bonds. The number of primary amides is 1. The SMILES string of the molecule is NCC(F)(F)CNc1ccc(C(N)=O)c(Br)c1. The minimum Gasteiger partial charge on any atom is -0.379 e. The minimum absolute atomic E-state index is 0.293. The van der Waals surface area contributed by atoms with E-state index in [0.29, 0.717) is 15.7 Å². The molecule has 0 aromatic heterocycles. The number of amides is 1. The van der Waals surface area contributed by atoms with Crippen molar-refractivity contribution in [2.24, 2.45) is 11.5 Å². The van der Waals surface area contributed by atoms with Crippen molar-refractivity contribution in [2.75, 3.05) is 18.4 Å². The molecule has 17 heavy (non-hydrogen) atoms. The number of hydrogen-bond acceptors (Lipinski definition) is 3.